The molecule has 0 aliphatic carbocycles. The minimum atomic E-state index is -0.0341. The van der Waals surface area contributed by atoms with Crippen LogP contribution in [-0.4, -0.2) is 21.3 Å². The van der Waals surface area contributed by atoms with Gasteiger partial charge in [0.05, 0.1) is 27.4 Å². The van der Waals surface area contributed by atoms with Gasteiger partial charge in [0.15, 0.2) is 11.5 Å². The van der Waals surface area contributed by atoms with Gasteiger partial charge in [0.1, 0.15) is 5.75 Å². The van der Waals surface area contributed by atoms with Gasteiger partial charge in [-0.1, -0.05) is 12.1 Å². The lowest BCUT2D eigenvalue weighted by molar-refractivity contribution is 0.354. The number of anilines is 1. The Labute approximate surface area is 131 Å². The number of hydrogen-bond acceptors (Lipinski definition) is 4. The first-order valence-corrected chi connectivity index (χ1v) is 6.97. The normalized spacial score (nSPS) is 11.4. The summed E-state index contributed by atoms with van der Waals surface area (Å²) >= 11 is 0. The summed E-state index contributed by atoms with van der Waals surface area (Å²) in [7, 11) is 4.90. The second kappa shape index (κ2) is 7.41. The summed E-state index contributed by atoms with van der Waals surface area (Å²) in [6.07, 6.45) is 1.85. The smallest absolute Gasteiger partial charge is 0.161 e. The third kappa shape index (κ3) is 3.52. The Kier molecular flexibility index (Phi) is 5.31. The number of hydrogen-bond donors (Lipinski definition) is 1. The van der Waals surface area contributed by atoms with E-state index in [4.69, 9.17) is 14.2 Å². The predicted molar refractivity (Wildman–Crippen MR) is 89.1 cm³/mol. The van der Waals surface area contributed by atoms with E-state index in [1.165, 1.54) is 0 Å². The lowest BCUT2D eigenvalue weighted by atomic mass is 10.1. The average Bonchev–Trinajstić information content (AvgIpc) is 2.59. The molecule has 0 saturated heterocycles. The molecule has 116 valence electrons. The zero-order chi connectivity index (χ0) is 15.9. The van der Waals surface area contributed by atoms with Crippen LogP contribution in [0.5, 0.6) is 17.2 Å². The molecule has 2 rings (SSSR count). The lowest BCUT2D eigenvalue weighted by Crippen LogP contribution is -2.08. The van der Waals surface area contributed by atoms with Gasteiger partial charge in [0, 0.05) is 5.69 Å². The average molecular weight is 299 g/mol. The van der Waals surface area contributed by atoms with E-state index in [2.05, 4.69) is 11.9 Å². The largest absolute Gasteiger partial charge is 0.497 e. The van der Waals surface area contributed by atoms with Crippen molar-refractivity contribution in [3.8, 4) is 17.2 Å². The van der Waals surface area contributed by atoms with E-state index in [1.54, 1.807) is 21.3 Å². The van der Waals surface area contributed by atoms with Crippen molar-refractivity contribution < 1.29 is 14.2 Å². The predicted octanol–water partition coefficient (Wildman–Crippen LogP) is 4.05. The Morgan fingerprint density at radius 2 is 1.59 bits per heavy atom. The molecule has 2 aromatic carbocycles. The number of rotatable bonds is 7. The van der Waals surface area contributed by atoms with Crippen LogP contribution in [0.3, 0.4) is 0 Å². The molecule has 22 heavy (non-hydrogen) atoms. The van der Waals surface area contributed by atoms with Crippen molar-refractivity contribution in [1.82, 2.24) is 0 Å². The topological polar surface area (TPSA) is 39.7 Å². The minimum Gasteiger partial charge on any atom is -0.497 e. The van der Waals surface area contributed by atoms with Crippen molar-refractivity contribution in [2.45, 2.75) is 6.04 Å². The summed E-state index contributed by atoms with van der Waals surface area (Å²) < 4.78 is 15.8. The maximum Gasteiger partial charge on any atom is 0.161 e. The zero-order valence-corrected chi connectivity index (χ0v) is 13.1. The molecule has 0 unspecified atom stereocenters. The van der Waals surface area contributed by atoms with Crippen molar-refractivity contribution in [3.63, 3.8) is 0 Å². The van der Waals surface area contributed by atoms with Crippen molar-refractivity contribution in [2.24, 2.45) is 0 Å². The van der Waals surface area contributed by atoms with Crippen LogP contribution in [0, 0.1) is 0 Å². The van der Waals surface area contributed by atoms with Crippen LogP contribution in [-0.2, 0) is 0 Å². The quantitative estimate of drug-likeness (QED) is 0.783. The molecule has 4 heteroatoms. The van der Waals surface area contributed by atoms with Gasteiger partial charge in [-0.25, -0.2) is 0 Å². The molecule has 0 aromatic heterocycles. The molecule has 0 aliphatic rings. The molecule has 1 atom stereocenters. The SMILES string of the molecule is C=C[C@@H](Nc1ccc(OC)cc1)c1ccc(OC)c(OC)c1. The molecule has 0 amide bonds. The van der Waals surface area contributed by atoms with E-state index >= 15 is 0 Å². The molecule has 0 spiro atoms. The van der Waals surface area contributed by atoms with Gasteiger partial charge in [0.25, 0.3) is 0 Å². The maximum absolute atomic E-state index is 5.35. The summed E-state index contributed by atoms with van der Waals surface area (Å²) in [6.45, 7) is 3.91. The highest BCUT2D eigenvalue weighted by Crippen LogP contribution is 2.31. The molecular formula is C18H21NO3. The third-order valence-electron chi connectivity index (χ3n) is 3.41. The van der Waals surface area contributed by atoms with Gasteiger partial charge in [-0.05, 0) is 42.0 Å². The summed E-state index contributed by atoms with van der Waals surface area (Å²) in [6, 6.07) is 13.6. The van der Waals surface area contributed by atoms with Crippen LogP contribution in [0.4, 0.5) is 5.69 Å². The Bertz CT molecular complexity index is 623. The molecule has 0 heterocycles. The van der Waals surface area contributed by atoms with Crippen molar-refractivity contribution >= 4 is 5.69 Å². The Hall–Kier alpha value is -2.62. The molecule has 0 aliphatic heterocycles. The van der Waals surface area contributed by atoms with Crippen molar-refractivity contribution in [2.75, 3.05) is 26.6 Å². The van der Waals surface area contributed by atoms with E-state index in [-0.39, 0.29) is 6.04 Å². The highest BCUT2D eigenvalue weighted by Gasteiger charge is 2.11. The summed E-state index contributed by atoms with van der Waals surface area (Å²) in [4.78, 5) is 0. The van der Waals surface area contributed by atoms with Gasteiger partial charge >= 0.3 is 0 Å². The standard InChI is InChI=1S/C18H21NO3/c1-5-16(19-14-7-9-15(20-2)10-8-14)13-6-11-17(21-3)18(12-13)22-4/h5-12,16,19H,1H2,2-4H3/t16-/m1/s1. The van der Waals surface area contributed by atoms with E-state index in [0.717, 1.165) is 17.0 Å². The second-order valence-corrected chi connectivity index (χ2v) is 4.70. The molecule has 0 saturated carbocycles. The fourth-order valence-electron chi connectivity index (χ4n) is 2.19. The van der Waals surface area contributed by atoms with E-state index in [0.29, 0.717) is 11.5 Å². The van der Waals surface area contributed by atoms with Gasteiger partial charge in [-0.3, -0.25) is 0 Å². The van der Waals surface area contributed by atoms with Gasteiger partial charge in [0.2, 0.25) is 0 Å². The van der Waals surface area contributed by atoms with Crippen molar-refractivity contribution in [1.29, 1.82) is 0 Å². The van der Waals surface area contributed by atoms with Crippen LogP contribution in [0.25, 0.3) is 0 Å². The van der Waals surface area contributed by atoms with Crippen LogP contribution in [0.1, 0.15) is 11.6 Å². The molecule has 0 bridgehead atoms. The Balaban J connectivity index is 2.21. The highest BCUT2D eigenvalue weighted by atomic mass is 16.5. The maximum atomic E-state index is 5.35. The van der Waals surface area contributed by atoms with Crippen LogP contribution >= 0.6 is 0 Å². The fraction of sp³-hybridized carbons (Fsp3) is 0.222. The van der Waals surface area contributed by atoms with Crippen molar-refractivity contribution in [3.05, 3.63) is 60.7 Å². The monoisotopic (exact) mass is 299 g/mol. The second-order valence-electron chi connectivity index (χ2n) is 4.70. The third-order valence-corrected chi connectivity index (χ3v) is 3.41. The van der Waals surface area contributed by atoms with Gasteiger partial charge in [-0.2, -0.15) is 0 Å². The molecule has 0 radical (unpaired) electrons. The summed E-state index contributed by atoms with van der Waals surface area (Å²) in [5.74, 6) is 2.23. The summed E-state index contributed by atoms with van der Waals surface area (Å²) in [5.41, 5.74) is 2.03. The molecule has 4 nitrogen and oxygen atoms in total. The van der Waals surface area contributed by atoms with Crippen LogP contribution < -0.4 is 19.5 Å². The van der Waals surface area contributed by atoms with E-state index in [9.17, 15) is 0 Å². The lowest BCUT2D eigenvalue weighted by Gasteiger charge is -2.18. The fourth-order valence-corrected chi connectivity index (χ4v) is 2.19. The zero-order valence-electron chi connectivity index (χ0n) is 13.1. The summed E-state index contributed by atoms with van der Waals surface area (Å²) in [5, 5.41) is 3.42. The highest BCUT2D eigenvalue weighted by molar-refractivity contribution is 5.51. The van der Waals surface area contributed by atoms with Crippen LogP contribution in [0.15, 0.2) is 55.1 Å². The Morgan fingerprint density at radius 1 is 0.909 bits per heavy atom. The molecule has 2 aromatic rings. The Morgan fingerprint density at radius 3 is 2.14 bits per heavy atom. The molecule has 0 fully saturated rings. The number of nitrogens with one attached hydrogen (secondary N) is 1. The first-order chi connectivity index (χ1) is 10.7. The van der Waals surface area contributed by atoms with Crippen LogP contribution in [0.2, 0.25) is 0 Å². The van der Waals surface area contributed by atoms with Gasteiger partial charge in [-0.15, -0.1) is 6.58 Å². The number of ether oxygens (including phenoxy) is 3. The first-order valence-electron chi connectivity index (χ1n) is 6.97. The number of methoxy groups -OCH3 is 3. The number of benzene rings is 2. The minimum absolute atomic E-state index is 0.0341. The van der Waals surface area contributed by atoms with E-state index < -0.39 is 0 Å². The first kappa shape index (κ1) is 15.8. The molecule has 1 N–H and O–H groups in total. The molecular weight excluding hydrogens is 278 g/mol. The van der Waals surface area contributed by atoms with E-state index in [1.807, 2.05) is 48.5 Å². The van der Waals surface area contributed by atoms with Gasteiger partial charge < -0.3 is 19.5 Å².